The number of hydrogen-bond donors (Lipinski definition) is 0. The molecule has 1 atom stereocenters. The van der Waals surface area contributed by atoms with E-state index in [1.807, 2.05) is 0 Å². The van der Waals surface area contributed by atoms with Gasteiger partial charge in [-0.05, 0) is 38.5 Å². The molecule has 1 rings (SSSR count). The molecule has 0 aromatic heterocycles. The molecule has 0 spiro atoms. The van der Waals surface area contributed by atoms with Crippen LogP contribution in [0.2, 0.25) is 0 Å². The molecular formula is C15H20O5. The third-order valence-electron chi connectivity index (χ3n) is 2.53. The van der Waals surface area contributed by atoms with Crippen LogP contribution in [0, 0.1) is 0 Å². The second kappa shape index (κ2) is 6.41. The molecule has 5 heteroatoms. The van der Waals surface area contributed by atoms with Crippen molar-refractivity contribution >= 4 is 11.9 Å². The van der Waals surface area contributed by atoms with Gasteiger partial charge in [0.05, 0.1) is 14.2 Å². The van der Waals surface area contributed by atoms with Crippen LogP contribution in [0.25, 0.3) is 0 Å². The van der Waals surface area contributed by atoms with Gasteiger partial charge >= 0.3 is 11.9 Å². The van der Waals surface area contributed by atoms with Gasteiger partial charge in [-0.25, -0.2) is 0 Å². The maximum atomic E-state index is 12.2. The molecule has 1 aromatic carbocycles. The lowest BCUT2D eigenvalue weighted by molar-refractivity contribution is -0.163. The smallest absolute Gasteiger partial charge is 0.325 e. The lowest BCUT2D eigenvalue weighted by Gasteiger charge is -2.23. The molecule has 0 bridgehead atoms. The highest BCUT2D eigenvalue weighted by Gasteiger charge is 2.33. The fraction of sp³-hybridized carbons (Fsp3) is 0.467. The van der Waals surface area contributed by atoms with Crippen molar-refractivity contribution in [3.05, 3.63) is 29.8 Å². The van der Waals surface area contributed by atoms with Gasteiger partial charge < -0.3 is 14.2 Å². The molecule has 0 fully saturated rings. The van der Waals surface area contributed by atoms with Crippen LogP contribution in [-0.2, 0) is 19.1 Å². The van der Waals surface area contributed by atoms with Crippen molar-refractivity contribution in [3.8, 4) is 5.75 Å². The first kappa shape index (κ1) is 16.0. The van der Waals surface area contributed by atoms with Crippen LogP contribution in [0.1, 0.15) is 32.3 Å². The number of rotatable bonds is 4. The van der Waals surface area contributed by atoms with Crippen LogP contribution in [0.4, 0.5) is 0 Å². The van der Waals surface area contributed by atoms with Crippen molar-refractivity contribution in [1.82, 2.24) is 0 Å². The van der Waals surface area contributed by atoms with Crippen molar-refractivity contribution in [2.45, 2.75) is 32.3 Å². The highest BCUT2D eigenvalue weighted by atomic mass is 16.6. The standard InChI is InChI=1S/C15H20O5/c1-15(2,3)20-14(17)12(13(16)19-5)10-6-8-11(18-4)9-7-10/h6-9,12H,1-5H3. The molecule has 0 aliphatic heterocycles. The molecule has 0 saturated heterocycles. The van der Waals surface area contributed by atoms with Crippen LogP contribution in [0.3, 0.4) is 0 Å². The van der Waals surface area contributed by atoms with Crippen molar-refractivity contribution in [3.63, 3.8) is 0 Å². The lowest BCUT2D eigenvalue weighted by atomic mass is 9.99. The summed E-state index contributed by atoms with van der Waals surface area (Å²) in [5.41, 5.74) is -0.164. The van der Waals surface area contributed by atoms with Gasteiger partial charge in [0.25, 0.3) is 0 Å². The van der Waals surface area contributed by atoms with E-state index in [-0.39, 0.29) is 0 Å². The predicted octanol–water partition coefficient (Wildman–Crippen LogP) is 2.29. The van der Waals surface area contributed by atoms with Crippen molar-refractivity contribution in [1.29, 1.82) is 0 Å². The van der Waals surface area contributed by atoms with Gasteiger partial charge in [0.2, 0.25) is 0 Å². The number of ether oxygens (including phenoxy) is 3. The normalized spacial score (nSPS) is 12.4. The van der Waals surface area contributed by atoms with Gasteiger partial charge in [-0.15, -0.1) is 0 Å². The largest absolute Gasteiger partial charge is 0.497 e. The van der Waals surface area contributed by atoms with Gasteiger partial charge in [0.15, 0.2) is 5.92 Å². The van der Waals surface area contributed by atoms with Crippen LogP contribution >= 0.6 is 0 Å². The molecule has 5 nitrogen and oxygen atoms in total. The summed E-state index contributed by atoms with van der Waals surface area (Å²) in [6, 6.07) is 6.64. The van der Waals surface area contributed by atoms with Crippen molar-refractivity contribution < 1.29 is 23.8 Å². The molecular weight excluding hydrogens is 260 g/mol. The highest BCUT2D eigenvalue weighted by Crippen LogP contribution is 2.24. The van der Waals surface area contributed by atoms with Gasteiger partial charge in [-0.3, -0.25) is 9.59 Å². The zero-order valence-corrected chi connectivity index (χ0v) is 12.4. The molecule has 1 unspecified atom stereocenters. The molecule has 0 N–H and O–H groups in total. The number of benzene rings is 1. The van der Waals surface area contributed by atoms with E-state index in [9.17, 15) is 9.59 Å². The Kier molecular flexibility index (Phi) is 5.13. The Morgan fingerprint density at radius 1 is 1.00 bits per heavy atom. The Labute approximate surface area is 118 Å². The Hall–Kier alpha value is -2.04. The zero-order chi connectivity index (χ0) is 15.3. The SMILES string of the molecule is COC(=O)C(C(=O)OC(C)(C)C)c1ccc(OC)cc1. The molecule has 0 aliphatic rings. The lowest BCUT2D eigenvalue weighted by Crippen LogP contribution is -2.32. The number of methoxy groups -OCH3 is 2. The Bertz CT molecular complexity index is 470. The summed E-state index contributed by atoms with van der Waals surface area (Å²) in [5.74, 6) is -1.73. The van der Waals surface area contributed by atoms with Gasteiger partial charge in [-0.1, -0.05) is 12.1 Å². The minimum Gasteiger partial charge on any atom is -0.497 e. The average molecular weight is 280 g/mol. The van der Waals surface area contributed by atoms with Crippen molar-refractivity contribution in [2.75, 3.05) is 14.2 Å². The van der Waals surface area contributed by atoms with E-state index < -0.39 is 23.5 Å². The van der Waals surface area contributed by atoms with Gasteiger partial charge in [0.1, 0.15) is 11.4 Å². The first-order valence-electron chi connectivity index (χ1n) is 6.23. The monoisotopic (exact) mass is 280 g/mol. The van der Waals surface area contributed by atoms with E-state index in [0.717, 1.165) is 0 Å². The minimum absolute atomic E-state index is 0.506. The minimum atomic E-state index is -1.09. The summed E-state index contributed by atoms with van der Waals surface area (Å²) in [7, 11) is 2.78. The fourth-order valence-corrected chi connectivity index (χ4v) is 1.64. The van der Waals surface area contributed by atoms with E-state index in [0.29, 0.717) is 11.3 Å². The third kappa shape index (κ3) is 4.26. The summed E-state index contributed by atoms with van der Waals surface area (Å²) < 4.78 is 15.0. The maximum Gasteiger partial charge on any atom is 0.325 e. The molecule has 0 aliphatic carbocycles. The summed E-state index contributed by atoms with van der Waals surface area (Å²) in [6.07, 6.45) is 0. The first-order valence-corrected chi connectivity index (χ1v) is 6.23. The van der Waals surface area contributed by atoms with Crippen molar-refractivity contribution in [2.24, 2.45) is 0 Å². The van der Waals surface area contributed by atoms with Crippen LogP contribution in [0.15, 0.2) is 24.3 Å². The number of esters is 2. The molecule has 20 heavy (non-hydrogen) atoms. The third-order valence-corrected chi connectivity index (χ3v) is 2.53. The quantitative estimate of drug-likeness (QED) is 0.625. The van der Waals surface area contributed by atoms with Gasteiger partial charge in [0, 0.05) is 0 Å². The summed E-state index contributed by atoms with van der Waals surface area (Å²) in [5, 5.41) is 0. The van der Waals surface area contributed by atoms with E-state index in [2.05, 4.69) is 4.74 Å². The molecule has 0 radical (unpaired) electrons. The molecule has 1 aromatic rings. The van der Waals surface area contributed by atoms with Gasteiger partial charge in [-0.2, -0.15) is 0 Å². The first-order chi connectivity index (χ1) is 9.28. The van der Waals surface area contributed by atoms with E-state index in [1.54, 1.807) is 52.1 Å². The zero-order valence-electron chi connectivity index (χ0n) is 12.4. The molecule has 0 amide bonds. The maximum absolute atomic E-state index is 12.2. The average Bonchev–Trinajstić information content (AvgIpc) is 2.37. The molecule has 110 valence electrons. The number of carbonyl (C=O) groups is 2. The highest BCUT2D eigenvalue weighted by molar-refractivity contribution is 6.00. The number of hydrogen-bond acceptors (Lipinski definition) is 5. The van der Waals surface area contributed by atoms with Crippen LogP contribution < -0.4 is 4.74 Å². The second-order valence-electron chi connectivity index (χ2n) is 5.26. The predicted molar refractivity (Wildman–Crippen MR) is 73.6 cm³/mol. The topological polar surface area (TPSA) is 61.8 Å². The summed E-state index contributed by atoms with van der Waals surface area (Å²) >= 11 is 0. The second-order valence-corrected chi connectivity index (χ2v) is 5.26. The van der Waals surface area contributed by atoms with E-state index in [4.69, 9.17) is 9.47 Å². The van der Waals surface area contributed by atoms with Crippen LogP contribution in [-0.4, -0.2) is 31.8 Å². The fourth-order valence-electron chi connectivity index (χ4n) is 1.64. The summed E-state index contributed by atoms with van der Waals surface area (Å²) in [4.78, 5) is 24.0. The molecule has 0 saturated carbocycles. The Morgan fingerprint density at radius 3 is 1.95 bits per heavy atom. The van der Waals surface area contributed by atoms with Crippen LogP contribution in [0.5, 0.6) is 5.75 Å². The Morgan fingerprint density at radius 2 is 1.55 bits per heavy atom. The summed E-state index contributed by atoms with van der Waals surface area (Å²) in [6.45, 7) is 5.23. The Balaban J connectivity index is 3.05. The van der Waals surface area contributed by atoms with E-state index >= 15 is 0 Å². The molecule has 0 heterocycles. The number of carbonyl (C=O) groups excluding carboxylic acids is 2. The van der Waals surface area contributed by atoms with E-state index in [1.165, 1.54) is 7.11 Å².